The maximum absolute atomic E-state index is 12.4. The molecule has 0 amide bonds. The molecule has 1 aromatic rings. The Morgan fingerprint density at radius 2 is 2.06 bits per heavy atom. The number of anilines is 1. The summed E-state index contributed by atoms with van der Waals surface area (Å²) >= 11 is 0. The van der Waals surface area contributed by atoms with Crippen LogP contribution >= 0.6 is 0 Å². The molecule has 1 aromatic carbocycles. The first-order chi connectivity index (χ1) is 8.38. The number of fused-ring (bicyclic) bond motifs is 1. The molecular formula is C12H15F3N2O. The number of benzene rings is 1. The van der Waals surface area contributed by atoms with Crippen LogP contribution in [0.2, 0.25) is 0 Å². The second-order valence-corrected chi connectivity index (χ2v) is 4.56. The first-order valence-corrected chi connectivity index (χ1v) is 5.71. The summed E-state index contributed by atoms with van der Waals surface area (Å²) in [5.41, 5.74) is 7.47. The molecule has 1 aliphatic rings. The van der Waals surface area contributed by atoms with E-state index in [1.807, 2.05) is 12.1 Å². The molecule has 0 fully saturated rings. The van der Waals surface area contributed by atoms with Crippen molar-refractivity contribution in [2.24, 2.45) is 5.73 Å². The van der Waals surface area contributed by atoms with Crippen LogP contribution in [-0.4, -0.2) is 36.5 Å². The fourth-order valence-corrected chi connectivity index (χ4v) is 2.21. The molecule has 1 heterocycles. The number of aliphatic hydroxyl groups excluding tert-OH is 1. The fourth-order valence-electron chi connectivity index (χ4n) is 2.21. The maximum atomic E-state index is 12.4. The fraction of sp³-hybridized carbons (Fsp3) is 0.500. The van der Waals surface area contributed by atoms with E-state index in [0.29, 0.717) is 13.0 Å². The molecule has 6 heteroatoms. The van der Waals surface area contributed by atoms with E-state index < -0.39 is 18.8 Å². The highest BCUT2D eigenvalue weighted by atomic mass is 19.4. The molecule has 1 aliphatic heterocycles. The molecule has 3 nitrogen and oxygen atoms in total. The van der Waals surface area contributed by atoms with Crippen molar-refractivity contribution in [1.29, 1.82) is 0 Å². The number of nitrogens with two attached hydrogens (primary N) is 1. The van der Waals surface area contributed by atoms with Gasteiger partial charge in [-0.15, -0.1) is 0 Å². The van der Waals surface area contributed by atoms with Gasteiger partial charge in [0.15, 0.2) is 6.10 Å². The third-order valence-corrected chi connectivity index (χ3v) is 3.04. The molecule has 0 aromatic heterocycles. The van der Waals surface area contributed by atoms with Gasteiger partial charge in [-0.1, -0.05) is 18.2 Å². The lowest BCUT2D eigenvalue weighted by Gasteiger charge is -2.36. The number of halogens is 3. The van der Waals surface area contributed by atoms with Gasteiger partial charge < -0.3 is 15.7 Å². The quantitative estimate of drug-likeness (QED) is 0.842. The highest BCUT2D eigenvalue weighted by Gasteiger charge is 2.40. The van der Waals surface area contributed by atoms with Gasteiger partial charge in [-0.25, -0.2) is 0 Å². The van der Waals surface area contributed by atoms with Gasteiger partial charge in [0.25, 0.3) is 0 Å². The largest absolute Gasteiger partial charge is 0.416 e. The zero-order valence-electron chi connectivity index (χ0n) is 9.69. The van der Waals surface area contributed by atoms with Gasteiger partial charge in [-0.05, 0) is 18.1 Å². The monoisotopic (exact) mass is 260 g/mol. The molecule has 0 spiro atoms. The van der Waals surface area contributed by atoms with Gasteiger partial charge in [-0.2, -0.15) is 13.2 Å². The molecule has 100 valence electrons. The summed E-state index contributed by atoms with van der Waals surface area (Å²) in [6, 6.07) is 6.99. The van der Waals surface area contributed by atoms with E-state index in [2.05, 4.69) is 0 Å². The number of rotatable bonds is 2. The minimum absolute atomic E-state index is 0.208. The Hall–Kier alpha value is -1.27. The highest BCUT2D eigenvalue weighted by Crippen LogP contribution is 2.28. The molecule has 18 heavy (non-hydrogen) atoms. The lowest BCUT2D eigenvalue weighted by molar-refractivity contribution is -0.200. The minimum Gasteiger partial charge on any atom is -0.382 e. The lowest BCUT2D eigenvalue weighted by Crippen LogP contribution is -2.49. The van der Waals surface area contributed by atoms with E-state index in [4.69, 9.17) is 10.8 Å². The topological polar surface area (TPSA) is 49.5 Å². The van der Waals surface area contributed by atoms with Gasteiger partial charge in [0.05, 0.1) is 6.54 Å². The van der Waals surface area contributed by atoms with Crippen molar-refractivity contribution in [2.45, 2.75) is 24.7 Å². The first-order valence-electron chi connectivity index (χ1n) is 5.71. The number of nitrogens with zero attached hydrogens (tertiary/aromatic N) is 1. The molecule has 0 saturated carbocycles. The molecule has 0 saturated heterocycles. The van der Waals surface area contributed by atoms with Gasteiger partial charge in [0.1, 0.15) is 0 Å². The Balaban J connectivity index is 2.19. The number of para-hydroxylation sites is 1. The maximum Gasteiger partial charge on any atom is 0.416 e. The van der Waals surface area contributed by atoms with Crippen molar-refractivity contribution in [3.8, 4) is 0 Å². The second-order valence-electron chi connectivity index (χ2n) is 4.56. The number of aliphatic hydroxyl groups is 1. The third-order valence-electron chi connectivity index (χ3n) is 3.04. The van der Waals surface area contributed by atoms with Crippen molar-refractivity contribution in [2.75, 3.05) is 18.0 Å². The van der Waals surface area contributed by atoms with Gasteiger partial charge in [0.2, 0.25) is 0 Å². The molecule has 0 radical (unpaired) electrons. The molecule has 3 N–H and O–H groups in total. The van der Waals surface area contributed by atoms with Crippen LogP contribution in [0.15, 0.2) is 24.3 Å². The summed E-state index contributed by atoms with van der Waals surface area (Å²) < 4.78 is 37.1. The summed E-state index contributed by atoms with van der Waals surface area (Å²) in [5, 5.41) is 9.14. The van der Waals surface area contributed by atoms with Crippen LogP contribution < -0.4 is 10.6 Å². The van der Waals surface area contributed by atoms with Crippen LogP contribution in [0.25, 0.3) is 0 Å². The van der Waals surface area contributed by atoms with Crippen molar-refractivity contribution in [3.05, 3.63) is 29.8 Å². The Labute approximate surface area is 103 Å². The molecule has 2 rings (SSSR count). The Bertz CT molecular complexity index is 422. The Kier molecular flexibility index (Phi) is 3.49. The summed E-state index contributed by atoms with van der Waals surface area (Å²) in [5.74, 6) is 0. The van der Waals surface area contributed by atoms with Crippen LogP contribution in [0.1, 0.15) is 5.56 Å². The minimum atomic E-state index is -4.60. The summed E-state index contributed by atoms with van der Waals surface area (Å²) in [7, 11) is 0. The second kappa shape index (κ2) is 4.78. The predicted molar refractivity (Wildman–Crippen MR) is 62.4 cm³/mol. The van der Waals surface area contributed by atoms with E-state index in [9.17, 15) is 13.2 Å². The standard InChI is InChI=1S/C12H15F3N2O/c13-12(14,15)11(18)7-17-6-9(16)5-8-3-1-2-4-10(8)17/h1-4,9,11,18H,5-7,16H2. The summed E-state index contributed by atoms with van der Waals surface area (Å²) in [6.45, 7) is -0.154. The molecular weight excluding hydrogens is 245 g/mol. The summed E-state index contributed by atoms with van der Waals surface area (Å²) in [6.07, 6.45) is -6.30. The van der Waals surface area contributed by atoms with Crippen molar-refractivity contribution in [3.63, 3.8) is 0 Å². The summed E-state index contributed by atoms with van der Waals surface area (Å²) in [4.78, 5) is 1.50. The smallest absolute Gasteiger partial charge is 0.382 e. The average molecular weight is 260 g/mol. The van der Waals surface area contributed by atoms with Gasteiger partial charge in [0, 0.05) is 18.3 Å². The van der Waals surface area contributed by atoms with Crippen LogP contribution in [0, 0.1) is 0 Å². The van der Waals surface area contributed by atoms with E-state index >= 15 is 0 Å². The van der Waals surface area contributed by atoms with Crippen molar-refractivity contribution >= 4 is 5.69 Å². The number of hydrogen-bond donors (Lipinski definition) is 2. The molecule has 2 atom stereocenters. The Morgan fingerprint density at radius 1 is 1.39 bits per heavy atom. The van der Waals surface area contributed by atoms with E-state index in [1.54, 1.807) is 12.1 Å². The zero-order chi connectivity index (χ0) is 13.3. The predicted octanol–water partition coefficient (Wildman–Crippen LogP) is 1.30. The zero-order valence-corrected chi connectivity index (χ0v) is 9.69. The first kappa shape index (κ1) is 13.2. The van der Waals surface area contributed by atoms with E-state index in [-0.39, 0.29) is 6.04 Å². The molecule has 0 aliphatic carbocycles. The van der Waals surface area contributed by atoms with Crippen LogP contribution in [0.5, 0.6) is 0 Å². The Morgan fingerprint density at radius 3 is 2.72 bits per heavy atom. The lowest BCUT2D eigenvalue weighted by atomic mass is 9.98. The molecule has 2 unspecified atom stereocenters. The third kappa shape index (κ3) is 2.76. The van der Waals surface area contributed by atoms with E-state index in [0.717, 1.165) is 11.3 Å². The van der Waals surface area contributed by atoms with Crippen molar-refractivity contribution in [1.82, 2.24) is 0 Å². The normalized spacial score (nSPS) is 21.6. The van der Waals surface area contributed by atoms with Gasteiger partial charge >= 0.3 is 6.18 Å². The number of hydrogen-bond acceptors (Lipinski definition) is 3. The van der Waals surface area contributed by atoms with Crippen LogP contribution in [0.3, 0.4) is 0 Å². The number of β-amino-alcohol motifs (C(OH)–C–C–N with tert-alkyl or cyclic N) is 1. The van der Waals surface area contributed by atoms with Crippen LogP contribution in [0.4, 0.5) is 18.9 Å². The average Bonchev–Trinajstić information content (AvgIpc) is 2.27. The van der Waals surface area contributed by atoms with E-state index in [1.165, 1.54) is 4.90 Å². The number of alkyl halides is 3. The van der Waals surface area contributed by atoms with Crippen LogP contribution in [-0.2, 0) is 6.42 Å². The van der Waals surface area contributed by atoms with Gasteiger partial charge in [-0.3, -0.25) is 0 Å². The van der Waals surface area contributed by atoms with Crippen molar-refractivity contribution < 1.29 is 18.3 Å². The SMILES string of the molecule is NC1Cc2ccccc2N(CC(O)C(F)(F)F)C1. The molecule has 0 bridgehead atoms. The highest BCUT2D eigenvalue weighted by molar-refractivity contribution is 5.56.